The van der Waals surface area contributed by atoms with Gasteiger partial charge in [-0.25, -0.2) is 0 Å². The van der Waals surface area contributed by atoms with Crippen LogP contribution in [0.1, 0.15) is 24.1 Å². The smallest absolute Gasteiger partial charge is 0.234 e. The zero-order valence-electron chi connectivity index (χ0n) is 9.59. The van der Waals surface area contributed by atoms with Crippen LogP contribution in [0.25, 0.3) is 0 Å². The minimum atomic E-state index is -0.443. The third-order valence-electron chi connectivity index (χ3n) is 2.58. The third kappa shape index (κ3) is 2.58. The number of hydrogen-bond donors (Lipinski definition) is 1. The van der Waals surface area contributed by atoms with Crippen molar-refractivity contribution in [2.45, 2.75) is 25.0 Å². The summed E-state index contributed by atoms with van der Waals surface area (Å²) in [6.07, 6.45) is 0.178. The molecule has 1 aromatic heterocycles. The van der Waals surface area contributed by atoms with Crippen molar-refractivity contribution in [3.05, 3.63) is 11.7 Å². The number of rotatable bonds is 3. The van der Waals surface area contributed by atoms with Gasteiger partial charge in [0.15, 0.2) is 5.82 Å². The van der Waals surface area contributed by atoms with Crippen LogP contribution in [0.4, 0.5) is 0 Å². The first-order valence-electron chi connectivity index (χ1n) is 5.40. The first-order valence-corrected chi connectivity index (χ1v) is 5.40. The fraction of sp³-hybridized carbons (Fsp3) is 0.800. The van der Waals surface area contributed by atoms with Gasteiger partial charge in [0.25, 0.3) is 0 Å². The number of nitrogens with zero attached hydrogens (tertiary/aromatic N) is 3. The molecule has 90 valence electrons. The van der Waals surface area contributed by atoms with Gasteiger partial charge in [0.1, 0.15) is 0 Å². The highest BCUT2D eigenvalue weighted by molar-refractivity contribution is 4.98. The van der Waals surface area contributed by atoms with Crippen molar-refractivity contribution in [2.24, 2.45) is 0 Å². The maximum absolute atomic E-state index is 9.80. The summed E-state index contributed by atoms with van der Waals surface area (Å²) in [7, 11) is 3.88. The van der Waals surface area contributed by atoms with Crippen LogP contribution in [0.3, 0.4) is 0 Å². The number of hydrogen-bond acceptors (Lipinski definition) is 6. The molecule has 6 heteroatoms. The predicted octanol–water partition coefficient (Wildman–Crippen LogP) is -0.00400. The van der Waals surface area contributed by atoms with E-state index in [1.54, 1.807) is 0 Å². The Bertz CT molecular complexity index is 340. The molecule has 16 heavy (non-hydrogen) atoms. The zero-order valence-corrected chi connectivity index (χ0v) is 9.59. The van der Waals surface area contributed by atoms with Gasteiger partial charge >= 0.3 is 0 Å². The van der Waals surface area contributed by atoms with Gasteiger partial charge in [-0.2, -0.15) is 4.98 Å². The number of aliphatic hydroxyl groups excluding tert-OH is 1. The van der Waals surface area contributed by atoms with Gasteiger partial charge < -0.3 is 19.3 Å². The first-order chi connectivity index (χ1) is 7.66. The Balaban J connectivity index is 2.05. The Morgan fingerprint density at radius 1 is 1.50 bits per heavy atom. The Kier molecular flexibility index (Phi) is 3.52. The Labute approximate surface area is 94.2 Å². The van der Waals surface area contributed by atoms with E-state index in [-0.39, 0.29) is 5.92 Å². The van der Waals surface area contributed by atoms with Crippen LogP contribution in [0.5, 0.6) is 0 Å². The average molecular weight is 227 g/mol. The molecular formula is C10H17N3O3. The largest absolute Gasteiger partial charge is 0.392 e. The quantitative estimate of drug-likeness (QED) is 0.783. The molecule has 2 atom stereocenters. The van der Waals surface area contributed by atoms with Crippen molar-refractivity contribution in [2.75, 3.05) is 27.3 Å². The molecule has 0 spiro atoms. The van der Waals surface area contributed by atoms with Gasteiger partial charge in [-0.15, -0.1) is 0 Å². The maximum Gasteiger partial charge on any atom is 0.234 e. The maximum atomic E-state index is 9.80. The zero-order chi connectivity index (χ0) is 11.5. The molecule has 0 bridgehead atoms. The van der Waals surface area contributed by atoms with E-state index >= 15 is 0 Å². The van der Waals surface area contributed by atoms with E-state index in [4.69, 9.17) is 9.26 Å². The first kappa shape index (κ1) is 11.5. The highest BCUT2D eigenvalue weighted by atomic mass is 16.5. The molecule has 2 rings (SSSR count). The van der Waals surface area contributed by atoms with Crippen LogP contribution < -0.4 is 0 Å². The average Bonchev–Trinajstić information content (AvgIpc) is 2.66. The molecule has 1 aliphatic heterocycles. The molecule has 1 N–H and O–H groups in total. The third-order valence-corrected chi connectivity index (χ3v) is 2.58. The molecule has 0 amide bonds. The molecule has 6 nitrogen and oxygen atoms in total. The molecule has 2 unspecified atom stereocenters. The monoisotopic (exact) mass is 227 g/mol. The van der Waals surface area contributed by atoms with Crippen molar-refractivity contribution >= 4 is 0 Å². The molecule has 1 saturated heterocycles. The Hall–Kier alpha value is -0.980. The summed E-state index contributed by atoms with van der Waals surface area (Å²) in [6.45, 7) is 1.67. The van der Waals surface area contributed by atoms with Gasteiger partial charge in [0, 0.05) is 6.61 Å². The standard InChI is InChI=1S/C10H17N3O3/c1-13(2)5-9-11-10(16-12-9)7-6-15-4-3-8(7)14/h7-8,14H,3-6H2,1-2H3. The molecule has 0 aliphatic carbocycles. The van der Waals surface area contributed by atoms with E-state index in [0.717, 1.165) is 0 Å². The van der Waals surface area contributed by atoms with Gasteiger partial charge in [-0.05, 0) is 20.5 Å². The number of aliphatic hydroxyl groups is 1. The van der Waals surface area contributed by atoms with Crippen molar-refractivity contribution in [1.82, 2.24) is 15.0 Å². The van der Waals surface area contributed by atoms with E-state index in [2.05, 4.69) is 10.1 Å². The second-order valence-corrected chi connectivity index (χ2v) is 4.32. The summed E-state index contributed by atoms with van der Waals surface area (Å²) in [5.74, 6) is 0.930. The SMILES string of the molecule is CN(C)Cc1noc(C2COCCC2O)n1. The summed E-state index contributed by atoms with van der Waals surface area (Å²) in [6, 6.07) is 0. The molecule has 1 aliphatic rings. The lowest BCUT2D eigenvalue weighted by Crippen LogP contribution is -2.30. The van der Waals surface area contributed by atoms with E-state index in [1.165, 1.54) is 0 Å². The van der Waals surface area contributed by atoms with Crippen LogP contribution in [0, 0.1) is 0 Å². The highest BCUT2D eigenvalue weighted by Crippen LogP contribution is 2.24. The molecule has 2 heterocycles. The molecule has 1 fully saturated rings. The summed E-state index contributed by atoms with van der Waals surface area (Å²) >= 11 is 0. The van der Waals surface area contributed by atoms with Gasteiger partial charge in [0.2, 0.25) is 5.89 Å². The summed E-state index contributed by atoms with van der Waals surface area (Å²) in [5, 5.41) is 13.7. The molecule has 0 radical (unpaired) electrons. The fourth-order valence-electron chi connectivity index (χ4n) is 1.73. The number of aromatic nitrogens is 2. The normalized spacial score (nSPS) is 26.2. The summed E-state index contributed by atoms with van der Waals surface area (Å²) in [5.41, 5.74) is 0. The topological polar surface area (TPSA) is 71.6 Å². The van der Waals surface area contributed by atoms with Gasteiger partial charge in [-0.1, -0.05) is 5.16 Å². The van der Waals surface area contributed by atoms with Crippen molar-refractivity contribution in [3.63, 3.8) is 0 Å². The summed E-state index contributed by atoms with van der Waals surface area (Å²) in [4.78, 5) is 6.23. The Morgan fingerprint density at radius 2 is 2.31 bits per heavy atom. The van der Waals surface area contributed by atoms with Gasteiger partial charge in [-0.3, -0.25) is 0 Å². The lowest BCUT2D eigenvalue weighted by atomic mass is 9.99. The fourth-order valence-corrected chi connectivity index (χ4v) is 1.73. The van der Waals surface area contributed by atoms with Crippen molar-refractivity contribution < 1.29 is 14.4 Å². The molecule has 0 saturated carbocycles. The molecule has 1 aromatic rings. The van der Waals surface area contributed by atoms with Crippen LogP contribution in [-0.4, -0.2) is 53.6 Å². The lowest BCUT2D eigenvalue weighted by molar-refractivity contribution is -0.0149. The minimum Gasteiger partial charge on any atom is -0.392 e. The summed E-state index contributed by atoms with van der Waals surface area (Å²) < 4.78 is 10.4. The van der Waals surface area contributed by atoms with Crippen LogP contribution in [0.15, 0.2) is 4.52 Å². The van der Waals surface area contributed by atoms with Crippen molar-refractivity contribution in [1.29, 1.82) is 0 Å². The second kappa shape index (κ2) is 4.90. The predicted molar refractivity (Wildman–Crippen MR) is 55.9 cm³/mol. The van der Waals surface area contributed by atoms with Crippen molar-refractivity contribution in [3.8, 4) is 0 Å². The second-order valence-electron chi connectivity index (χ2n) is 4.32. The minimum absolute atomic E-state index is 0.183. The van der Waals surface area contributed by atoms with Gasteiger partial charge in [0.05, 0.1) is 25.2 Å². The van der Waals surface area contributed by atoms with Crippen LogP contribution in [0.2, 0.25) is 0 Å². The van der Waals surface area contributed by atoms with E-state index in [9.17, 15) is 5.11 Å². The van der Waals surface area contributed by atoms with E-state index in [1.807, 2.05) is 19.0 Å². The lowest BCUT2D eigenvalue weighted by Gasteiger charge is -2.24. The molecular weight excluding hydrogens is 210 g/mol. The van der Waals surface area contributed by atoms with Crippen LogP contribution >= 0.6 is 0 Å². The molecule has 0 aromatic carbocycles. The highest BCUT2D eigenvalue weighted by Gasteiger charge is 2.30. The van der Waals surface area contributed by atoms with Crippen LogP contribution in [-0.2, 0) is 11.3 Å². The van der Waals surface area contributed by atoms with E-state index < -0.39 is 6.10 Å². The Morgan fingerprint density at radius 3 is 3.00 bits per heavy atom. The number of ether oxygens (including phenoxy) is 1. The van der Waals surface area contributed by atoms with E-state index in [0.29, 0.717) is 37.9 Å².